The van der Waals surface area contributed by atoms with Gasteiger partial charge >= 0.3 is 0 Å². The summed E-state index contributed by atoms with van der Waals surface area (Å²) < 4.78 is 1.70. The van der Waals surface area contributed by atoms with Gasteiger partial charge in [-0.25, -0.2) is 0 Å². The van der Waals surface area contributed by atoms with E-state index in [1.54, 1.807) is 17.1 Å². The monoisotopic (exact) mass is 217 g/mol. The Balaban J connectivity index is 1.87. The Labute approximate surface area is 94.3 Å². The molecule has 0 saturated carbocycles. The molecule has 5 nitrogen and oxygen atoms in total. The molecule has 3 N–H and O–H groups in total. The zero-order valence-electron chi connectivity index (χ0n) is 9.22. The number of nitrogens with one attached hydrogen (secondary N) is 1. The van der Waals surface area contributed by atoms with Gasteiger partial charge in [-0.05, 0) is 18.1 Å². The first-order valence-corrected chi connectivity index (χ1v) is 5.17. The van der Waals surface area contributed by atoms with Crippen molar-refractivity contribution in [1.29, 1.82) is 0 Å². The Morgan fingerprint density at radius 2 is 2.38 bits per heavy atom. The maximum Gasteiger partial charge on any atom is 0.171 e. The molecule has 0 bridgehead atoms. The maximum atomic E-state index is 5.76. The Morgan fingerprint density at radius 3 is 3.00 bits per heavy atom. The third kappa shape index (κ3) is 2.50. The predicted octanol–water partition coefficient (Wildman–Crippen LogP) is 1.05. The number of nitrogens with zero attached hydrogens (tertiary/aromatic N) is 3. The Hall–Kier alpha value is -2.04. The lowest BCUT2D eigenvalue weighted by atomic mass is 10.2. The molecule has 0 aliphatic heterocycles. The minimum absolute atomic E-state index is 0.675. The van der Waals surface area contributed by atoms with Crippen molar-refractivity contribution in [1.82, 2.24) is 14.8 Å². The van der Waals surface area contributed by atoms with Crippen LogP contribution in [0.4, 0.5) is 11.5 Å². The zero-order valence-corrected chi connectivity index (χ0v) is 9.22. The van der Waals surface area contributed by atoms with E-state index in [1.807, 2.05) is 19.3 Å². The van der Waals surface area contributed by atoms with Crippen molar-refractivity contribution in [2.24, 2.45) is 7.05 Å². The van der Waals surface area contributed by atoms with Crippen LogP contribution in [0, 0.1) is 0 Å². The molecule has 2 aromatic rings. The molecular formula is C11H15N5. The minimum Gasteiger partial charge on any atom is -0.394 e. The summed E-state index contributed by atoms with van der Waals surface area (Å²) in [5.41, 5.74) is 7.64. The molecule has 0 unspecified atom stereocenters. The number of pyridine rings is 1. The first kappa shape index (κ1) is 10.5. The molecule has 84 valence electrons. The van der Waals surface area contributed by atoms with E-state index < -0.39 is 0 Å². The van der Waals surface area contributed by atoms with E-state index in [1.165, 1.54) is 5.56 Å². The van der Waals surface area contributed by atoms with E-state index in [-0.39, 0.29) is 0 Å². The summed E-state index contributed by atoms with van der Waals surface area (Å²) in [6, 6.07) is 3.99. The number of rotatable bonds is 4. The first-order chi connectivity index (χ1) is 7.75. The first-order valence-electron chi connectivity index (χ1n) is 5.17. The van der Waals surface area contributed by atoms with E-state index in [9.17, 15) is 0 Å². The summed E-state index contributed by atoms with van der Waals surface area (Å²) in [7, 11) is 1.85. The van der Waals surface area contributed by atoms with Crippen molar-refractivity contribution in [2.75, 3.05) is 17.6 Å². The fourth-order valence-corrected chi connectivity index (χ4v) is 1.52. The van der Waals surface area contributed by atoms with Gasteiger partial charge in [-0.1, -0.05) is 6.07 Å². The lowest BCUT2D eigenvalue weighted by Crippen LogP contribution is -2.07. The number of aryl methyl sites for hydroxylation is 1. The van der Waals surface area contributed by atoms with E-state index in [0.717, 1.165) is 18.8 Å². The average Bonchev–Trinajstić information content (AvgIpc) is 2.59. The normalized spacial score (nSPS) is 10.3. The van der Waals surface area contributed by atoms with E-state index in [2.05, 4.69) is 21.5 Å². The molecule has 0 amide bonds. The van der Waals surface area contributed by atoms with E-state index in [4.69, 9.17) is 5.73 Å². The second kappa shape index (κ2) is 4.65. The van der Waals surface area contributed by atoms with Gasteiger partial charge in [-0.15, -0.1) is 0 Å². The van der Waals surface area contributed by atoms with Crippen LogP contribution in [0.3, 0.4) is 0 Å². The van der Waals surface area contributed by atoms with Gasteiger partial charge in [0.1, 0.15) is 0 Å². The van der Waals surface area contributed by atoms with Crippen LogP contribution in [0.2, 0.25) is 0 Å². The number of hydrogen-bond donors (Lipinski definition) is 2. The van der Waals surface area contributed by atoms with Gasteiger partial charge in [0.15, 0.2) is 5.82 Å². The van der Waals surface area contributed by atoms with Gasteiger partial charge in [0.2, 0.25) is 0 Å². The lowest BCUT2D eigenvalue weighted by molar-refractivity contribution is 0.768. The third-order valence-corrected chi connectivity index (χ3v) is 2.29. The van der Waals surface area contributed by atoms with Crippen LogP contribution in [0.5, 0.6) is 0 Å². The number of hydrogen-bond acceptors (Lipinski definition) is 4. The highest BCUT2D eigenvalue weighted by atomic mass is 15.3. The molecule has 0 aliphatic rings. The molecule has 0 saturated heterocycles. The van der Waals surface area contributed by atoms with Crippen LogP contribution in [0.15, 0.2) is 30.7 Å². The van der Waals surface area contributed by atoms with Crippen molar-refractivity contribution < 1.29 is 0 Å². The van der Waals surface area contributed by atoms with Crippen LogP contribution in [0.25, 0.3) is 0 Å². The molecule has 0 aromatic carbocycles. The van der Waals surface area contributed by atoms with Gasteiger partial charge < -0.3 is 11.1 Å². The molecule has 0 atom stereocenters. The molecule has 0 fully saturated rings. The summed E-state index contributed by atoms with van der Waals surface area (Å²) >= 11 is 0. The van der Waals surface area contributed by atoms with Crippen molar-refractivity contribution in [2.45, 2.75) is 6.42 Å². The summed E-state index contributed by atoms with van der Waals surface area (Å²) in [6.45, 7) is 0.799. The highest BCUT2D eigenvalue weighted by Crippen LogP contribution is 2.13. The third-order valence-electron chi connectivity index (χ3n) is 2.29. The van der Waals surface area contributed by atoms with Gasteiger partial charge in [-0.2, -0.15) is 5.10 Å². The van der Waals surface area contributed by atoms with Crippen LogP contribution < -0.4 is 11.1 Å². The fourth-order valence-electron chi connectivity index (χ4n) is 1.52. The lowest BCUT2D eigenvalue weighted by Gasteiger charge is -2.03. The highest BCUT2D eigenvalue weighted by molar-refractivity contribution is 5.59. The largest absolute Gasteiger partial charge is 0.394 e. The molecule has 2 rings (SSSR count). The smallest absolute Gasteiger partial charge is 0.171 e. The predicted molar refractivity (Wildman–Crippen MR) is 64.1 cm³/mol. The summed E-state index contributed by atoms with van der Waals surface area (Å²) in [5, 5.41) is 7.40. The van der Waals surface area contributed by atoms with Gasteiger partial charge in [0, 0.05) is 32.2 Å². The van der Waals surface area contributed by atoms with Gasteiger partial charge in [-0.3, -0.25) is 9.67 Å². The average molecular weight is 217 g/mol. The van der Waals surface area contributed by atoms with Crippen molar-refractivity contribution in [3.05, 3.63) is 36.3 Å². The number of anilines is 2. The van der Waals surface area contributed by atoms with Crippen LogP contribution in [0.1, 0.15) is 5.56 Å². The second-order valence-corrected chi connectivity index (χ2v) is 3.64. The molecule has 0 aliphatic carbocycles. The zero-order chi connectivity index (χ0) is 11.4. The summed E-state index contributed by atoms with van der Waals surface area (Å²) in [5.74, 6) is 0.742. The molecule has 16 heavy (non-hydrogen) atoms. The minimum atomic E-state index is 0.675. The molecule has 5 heteroatoms. The standard InChI is InChI=1S/C11H15N5/c1-16-8-10(12)11(15-16)14-6-4-9-3-2-5-13-7-9/h2-3,5,7-8H,4,6,12H2,1H3,(H,14,15). The quantitative estimate of drug-likeness (QED) is 0.803. The Morgan fingerprint density at radius 1 is 1.50 bits per heavy atom. The maximum absolute atomic E-state index is 5.76. The summed E-state index contributed by atoms with van der Waals surface area (Å²) in [6.07, 6.45) is 6.33. The number of nitrogens with two attached hydrogens (primary N) is 1. The summed E-state index contributed by atoms with van der Waals surface area (Å²) in [4.78, 5) is 4.06. The van der Waals surface area contributed by atoms with Crippen molar-refractivity contribution >= 4 is 11.5 Å². The topological polar surface area (TPSA) is 68.8 Å². The molecule has 2 aromatic heterocycles. The number of nitrogen functional groups attached to an aromatic ring is 1. The van der Waals surface area contributed by atoms with Gasteiger partial charge in [0.25, 0.3) is 0 Å². The van der Waals surface area contributed by atoms with Crippen LogP contribution in [-0.2, 0) is 13.5 Å². The SMILES string of the molecule is Cn1cc(N)c(NCCc2cccnc2)n1. The number of aromatic nitrogens is 3. The molecule has 0 spiro atoms. The molecule has 2 heterocycles. The van der Waals surface area contributed by atoms with Crippen LogP contribution >= 0.6 is 0 Å². The Kier molecular flexibility index (Phi) is 3.05. The van der Waals surface area contributed by atoms with Crippen LogP contribution in [-0.4, -0.2) is 21.3 Å². The Bertz CT molecular complexity index is 449. The molecule has 0 radical (unpaired) electrons. The highest BCUT2D eigenvalue weighted by Gasteiger charge is 2.02. The van der Waals surface area contributed by atoms with E-state index >= 15 is 0 Å². The van der Waals surface area contributed by atoms with Gasteiger partial charge in [0.05, 0.1) is 5.69 Å². The molecular weight excluding hydrogens is 202 g/mol. The van der Waals surface area contributed by atoms with E-state index in [0.29, 0.717) is 5.69 Å². The fraction of sp³-hybridized carbons (Fsp3) is 0.273. The second-order valence-electron chi connectivity index (χ2n) is 3.64. The van der Waals surface area contributed by atoms with Crippen molar-refractivity contribution in [3.8, 4) is 0 Å². The van der Waals surface area contributed by atoms with Crippen molar-refractivity contribution in [3.63, 3.8) is 0 Å².